The van der Waals surface area contributed by atoms with E-state index < -0.39 is 16.4 Å². The van der Waals surface area contributed by atoms with Crippen molar-refractivity contribution in [1.82, 2.24) is 5.32 Å². The first-order valence-corrected chi connectivity index (χ1v) is 7.04. The maximum absolute atomic E-state index is 11.8. The number of methoxy groups -OCH3 is 1. The van der Waals surface area contributed by atoms with E-state index >= 15 is 0 Å². The minimum atomic E-state index is -0.782. The molecule has 9 heteroatoms. The van der Waals surface area contributed by atoms with Crippen LogP contribution in [0.25, 0.3) is 0 Å². The van der Waals surface area contributed by atoms with Crippen molar-refractivity contribution in [2.75, 3.05) is 19.0 Å². The molecule has 0 radical (unpaired) electrons. The van der Waals surface area contributed by atoms with Crippen LogP contribution in [0, 0.1) is 10.1 Å². The Morgan fingerprint density at radius 1 is 1.35 bits per heavy atom. The van der Waals surface area contributed by atoms with Crippen LogP contribution in [0.15, 0.2) is 12.1 Å². The monoisotopic (exact) mass is 343 g/mol. The van der Waals surface area contributed by atoms with E-state index in [-0.39, 0.29) is 34.4 Å². The molecule has 23 heavy (non-hydrogen) atoms. The van der Waals surface area contributed by atoms with Gasteiger partial charge in [0.1, 0.15) is 5.69 Å². The first kappa shape index (κ1) is 18.7. The van der Waals surface area contributed by atoms with Crippen LogP contribution >= 0.6 is 11.6 Å². The van der Waals surface area contributed by atoms with Gasteiger partial charge >= 0.3 is 5.97 Å². The van der Waals surface area contributed by atoms with E-state index in [2.05, 4.69) is 15.4 Å². The lowest BCUT2D eigenvalue weighted by Gasteiger charge is -2.20. The van der Waals surface area contributed by atoms with Crippen LogP contribution in [0.5, 0.6) is 0 Å². The van der Waals surface area contributed by atoms with Gasteiger partial charge in [-0.2, -0.15) is 0 Å². The van der Waals surface area contributed by atoms with Gasteiger partial charge in [-0.1, -0.05) is 11.6 Å². The largest absolute Gasteiger partial charge is 0.465 e. The molecule has 0 spiro atoms. The van der Waals surface area contributed by atoms with Crippen molar-refractivity contribution in [2.45, 2.75) is 26.3 Å². The highest BCUT2D eigenvalue weighted by Crippen LogP contribution is 2.31. The number of nitrogens with one attached hydrogen (secondary N) is 2. The van der Waals surface area contributed by atoms with E-state index in [0.29, 0.717) is 0 Å². The number of hydrogen-bond donors (Lipinski definition) is 2. The number of benzene rings is 1. The highest BCUT2D eigenvalue weighted by Gasteiger charge is 2.22. The van der Waals surface area contributed by atoms with Gasteiger partial charge in [0.05, 0.1) is 29.2 Å². The van der Waals surface area contributed by atoms with Crippen molar-refractivity contribution in [2.24, 2.45) is 0 Å². The summed E-state index contributed by atoms with van der Waals surface area (Å²) in [6.45, 7) is 5.27. The number of esters is 1. The molecule has 2 N–H and O–H groups in total. The second-order valence-electron chi connectivity index (χ2n) is 5.75. The summed E-state index contributed by atoms with van der Waals surface area (Å²) in [5.41, 5.74) is -0.877. The fourth-order valence-electron chi connectivity index (χ4n) is 1.76. The first-order valence-electron chi connectivity index (χ1n) is 6.66. The molecule has 1 aromatic carbocycles. The minimum absolute atomic E-state index is 0.0128. The van der Waals surface area contributed by atoms with Crippen molar-refractivity contribution in [3.8, 4) is 0 Å². The first-order chi connectivity index (χ1) is 10.5. The molecule has 0 bridgehead atoms. The highest BCUT2D eigenvalue weighted by molar-refractivity contribution is 6.34. The molecule has 0 unspecified atom stereocenters. The maximum atomic E-state index is 11.8. The van der Waals surface area contributed by atoms with E-state index in [0.717, 1.165) is 13.2 Å². The molecule has 0 aliphatic rings. The van der Waals surface area contributed by atoms with Crippen LogP contribution in [0.1, 0.15) is 31.1 Å². The predicted octanol–water partition coefficient (Wildman–Crippen LogP) is 2.36. The van der Waals surface area contributed by atoms with Gasteiger partial charge in [0, 0.05) is 11.6 Å². The van der Waals surface area contributed by atoms with Gasteiger partial charge in [-0.05, 0) is 26.8 Å². The fraction of sp³-hybridized carbons (Fsp3) is 0.429. The zero-order valence-corrected chi connectivity index (χ0v) is 14.0. The van der Waals surface area contributed by atoms with Crippen LogP contribution in [0.4, 0.5) is 11.4 Å². The van der Waals surface area contributed by atoms with Gasteiger partial charge in [0.2, 0.25) is 5.91 Å². The molecule has 0 aliphatic heterocycles. The van der Waals surface area contributed by atoms with Crippen molar-refractivity contribution < 1.29 is 19.2 Å². The number of rotatable bonds is 5. The summed E-state index contributed by atoms with van der Waals surface area (Å²) in [4.78, 5) is 33.8. The Bertz CT molecular complexity index is 640. The van der Waals surface area contributed by atoms with Crippen molar-refractivity contribution >= 4 is 34.9 Å². The molecule has 8 nitrogen and oxygen atoms in total. The van der Waals surface area contributed by atoms with Gasteiger partial charge in [-0.15, -0.1) is 0 Å². The lowest BCUT2D eigenvalue weighted by Crippen LogP contribution is -2.43. The predicted molar refractivity (Wildman–Crippen MR) is 85.8 cm³/mol. The molecule has 1 aromatic rings. The molecule has 0 saturated carbocycles. The number of nitro groups is 1. The summed E-state index contributed by atoms with van der Waals surface area (Å²) in [7, 11) is 1.15. The number of amides is 1. The quantitative estimate of drug-likeness (QED) is 0.482. The van der Waals surface area contributed by atoms with Crippen molar-refractivity contribution in [1.29, 1.82) is 0 Å². The summed E-state index contributed by atoms with van der Waals surface area (Å²) in [5.74, 6) is -1.12. The third kappa shape index (κ3) is 5.41. The summed E-state index contributed by atoms with van der Waals surface area (Å²) >= 11 is 5.94. The minimum Gasteiger partial charge on any atom is -0.465 e. The van der Waals surface area contributed by atoms with E-state index in [4.69, 9.17) is 11.6 Å². The van der Waals surface area contributed by atoms with Crippen molar-refractivity contribution in [3.63, 3.8) is 0 Å². The van der Waals surface area contributed by atoms with Crippen LogP contribution in [0.3, 0.4) is 0 Å². The van der Waals surface area contributed by atoms with Crippen LogP contribution in [-0.2, 0) is 9.53 Å². The number of ether oxygens (including phenoxy) is 1. The van der Waals surface area contributed by atoms with Gasteiger partial charge < -0.3 is 15.4 Å². The Hall–Kier alpha value is -2.35. The van der Waals surface area contributed by atoms with E-state index in [9.17, 15) is 19.7 Å². The van der Waals surface area contributed by atoms with Gasteiger partial charge in [-0.3, -0.25) is 14.9 Å². The molecule has 1 rings (SSSR count). The SMILES string of the molecule is COC(=O)c1cc([N+](=O)[O-])c(NCC(=O)NC(C)(C)C)cc1Cl. The van der Waals surface area contributed by atoms with Gasteiger partial charge in [0.25, 0.3) is 5.69 Å². The second-order valence-corrected chi connectivity index (χ2v) is 6.16. The molecule has 1 amide bonds. The summed E-state index contributed by atoms with van der Waals surface area (Å²) in [5, 5.41) is 16.5. The molecule has 0 aliphatic carbocycles. The third-order valence-electron chi connectivity index (χ3n) is 2.64. The number of carbonyl (C=O) groups is 2. The molecular formula is C14H18ClN3O5. The Balaban J connectivity index is 3.03. The zero-order valence-electron chi connectivity index (χ0n) is 13.2. The zero-order chi connectivity index (χ0) is 17.8. The number of halogens is 1. The Kier molecular flexibility index (Phi) is 5.91. The summed E-state index contributed by atoms with van der Waals surface area (Å²) < 4.78 is 4.51. The molecular weight excluding hydrogens is 326 g/mol. The van der Waals surface area contributed by atoms with Crippen LogP contribution < -0.4 is 10.6 Å². The number of carbonyl (C=O) groups excluding carboxylic acids is 2. The van der Waals surface area contributed by atoms with E-state index in [1.807, 2.05) is 20.8 Å². The molecule has 0 fully saturated rings. The number of hydrogen-bond acceptors (Lipinski definition) is 6. The Morgan fingerprint density at radius 3 is 2.43 bits per heavy atom. The van der Waals surface area contributed by atoms with Crippen molar-refractivity contribution in [3.05, 3.63) is 32.8 Å². The van der Waals surface area contributed by atoms with Crippen LogP contribution in [0.2, 0.25) is 5.02 Å². The average molecular weight is 344 g/mol. The highest BCUT2D eigenvalue weighted by atomic mass is 35.5. The molecule has 0 aromatic heterocycles. The Morgan fingerprint density at radius 2 is 1.96 bits per heavy atom. The van der Waals surface area contributed by atoms with Crippen LogP contribution in [-0.4, -0.2) is 36.0 Å². The number of nitrogens with zero attached hydrogens (tertiary/aromatic N) is 1. The molecule has 0 atom stereocenters. The third-order valence-corrected chi connectivity index (χ3v) is 2.95. The normalized spacial score (nSPS) is 10.8. The smallest absolute Gasteiger partial charge is 0.339 e. The summed E-state index contributed by atoms with van der Waals surface area (Å²) in [6.07, 6.45) is 0. The maximum Gasteiger partial charge on any atom is 0.339 e. The standard InChI is InChI=1S/C14H18ClN3O5/c1-14(2,3)17-12(19)7-16-10-6-9(15)8(13(20)23-4)5-11(10)18(21)22/h5-6,16H,7H2,1-4H3,(H,17,19). The summed E-state index contributed by atoms with van der Waals surface area (Å²) in [6, 6.07) is 2.23. The van der Waals surface area contributed by atoms with Gasteiger partial charge in [-0.25, -0.2) is 4.79 Å². The average Bonchev–Trinajstić information content (AvgIpc) is 2.42. The van der Waals surface area contributed by atoms with E-state index in [1.165, 1.54) is 6.07 Å². The second kappa shape index (κ2) is 7.28. The number of nitro benzene ring substituents is 1. The van der Waals surface area contributed by atoms with E-state index in [1.54, 1.807) is 0 Å². The Labute approximate surface area is 138 Å². The lowest BCUT2D eigenvalue weighted by molar-refractivity contribution is -0.384. The fourth-order valence-corrected chi connectivity index (χ4v) is 2.00. The molecule has 0 heterocycles. The molecule has 0 saturated heterocycles. The number of anilines is 1. The lowest BCUT2D eigenvalue weighted by atomic mass is 10.1. The van der Waals surface area contributed by atoms with Gasteiger partial charge in [0.15, 0.2) is 0 Å². The molecule has 126 valence electrons. The topological polar surface area (TPSA) is 111 Å².